The number of nitrogens with one attached hydrogen (secondary N) is 1. The maximum Gasteiger partial charge on any atom is 0.251 e. The lowest BCUT2D eigenvalue weighted by molar-refractivity contribution is -0.119. The normalized spacial score (nSPS) is 12.1. The van der Waals surface area contributed by atoms with Crippen molar-refractivity contribution in [1.82, 2.24) is 24.5 Å². The summed E-state index contributed by atoms with van der Waals surface area (Å²) >= 11 is 9.17. The molecule has 9 heteroatoms. The predicted octanol–water partition coefficient (Wildman–Crippen LogP) is 3.14. The largest absolute Gasteiger partial charge is 0.291 e. The van der Waals surface area contributed by atoms with Crippen molar-refractivity contribution in [1.29, 1.82) is 0 Å². The second kappa shape index (κ2) is 7.14. The Balaban J connectivity index is 1.63. The minimum Gasteiger partial charge on any atom is -0.291 e. The summed E-state index contributed by atoms with van der Waals surface area (Å²) in [5.74, 6) is 0.0156. The number of carbonyl (C=O) groups excluding carboxylic acids is 1. The first-order chi connectivity index (χ1) is 11.5. The summed E-state index contributed by atoms with van der Waals surface area (Å²) in [6, 6.07) is 7.00. The van der Waals surface area contributed by atoms with Gasteiger partial charge in [-0.2, -0.15) is 5.10 Å². The summed E-state index contributed by atoms with van der Waals surface area (Å²) in [5, 5.41) is 11.7. The molecule has 1 unspecified atom stereocenters. The molecular formula is C15H14BrClN6O. The molecule has 0 saturated carbocycles. The van der Waals surface area contributed by atoms with Crippen LogP contribution in [0.15, 0.2) is 47.5 Å². The van der Waals surface area contributed by atoms with Crippen molar-refractivity contribution in [3.05, 3.63) is 58.0 Å². The molecule has 2 aromatic heterocycles. The molecule has 0 bridgehead atoms. The van der Waals surface area contributed by atoms with Gasteiger partial charge in [-0.15, -0.1) is 5.10 Å². The summed E-state index contributed by atoms with van der Waals surface area (Å²) in [4.78, 5) is 16.3. The minimum absolute atomic E-state index is 0.241. The van der Waals surface area contributed by atoms with Gasteiger partial charge in [-0.3, -0.25) is 14.8 Å². The van der Waals surface area contributed by atoms with Gasteiger partial charge < -0.3 is 0 Å². The van der Waals surface area contributed by atoms with E-state index in [4.69, 9.17) is 11.6 Å². The van der Waals surface area contributed by atoms with Crippen molar-refractivity contribution >= 4 is 39.4 Å². The number of hydrogen-bond donors (Lipinski definition) is 1. The molecule has 0 aliphatic heterocycles. The highest BCUT2D eigenvalue weighted by Crippen LogP contribution is 2.13. The molecule has 1 amide bonds. The van der Waals surface area contributed by atoms with Crippen LogP contribution in [0.5, 0.6) is 0 Å². The lowest BCUT2D eigenvalue weighted by atomic mass is 10.2. The molecule has 1 aromatic carbocycles. The lowest BCUT2D eigenvalue weighted by Crippen LogP contribution is -2.24. The standard InChI is InChI=1S/C15H14BrClN6O/c1-10(23-8-12(16)6-19-23)14(24)20-15-18-9-22(21-15)7-11-2-4-13(17)5-3-11/h2-6,8-10H,7H2,1H3,(H,20,21,24). The number of halogens is 2. The average molecular weight is 410 g/mol. The Kier molecular flexibility index (Phi) is 4.96. The first kappa shape index (κ1) is 16.7. The van der Waals surface area contributed by atoms with Gasteiger partial charge in [-0.25, -0.2) is 9.67 Å². The molecule has 7 nitrogen and oxygen atoms in total. The second-order valence-electron chi connectivity index (χ2n) is 5.20. The van der Waals surface area contributed by atoms with E-state index in [1.807, 2.05) is 24.3 Å². The van der Waals surface area contributed by atoms with Crippen LogP contribution >= 0.6 is 27.5 Å². The third-order valence-corrected chi connectivity index (χ3v) is 4.04. The highest BCUT2D eigenvalue weighted by molar-refractivity contribution is 9.10. The highest BCUT2D eigenvalue weighted by Gasteiger charge is 2.17. The minimum atomic E-state index is -0.473. The van der Waals surface area contributed by atoms with Crippen LogP contribution in [0, 0.1) is 0 Å². The fourth-order valence-electron chi connectivity index (χ4n) is 2.07. The van der Waals surface area contributed by atoms with Crippen LogP contribution in [0.25, 0.3) is 0 Å². The first-order valence-corrected chi connectivity index (χ1v) is 8.33. The summed E-state index contributed by atoms with van der Waals surface area (Å²) in [5.41, 5.74) is 1.04. The van der Waals surface area contributed by atoms with Gasteiger partial charge in [0, 0.05) is 11.2 Å². The van der Waals surface area contributed by atoms with Crippen LogP contribution in [0.1, 0.15) is 18.5 Å². The molecule has 3 rings (SSSR count). The van der Waals surface area contributed by atoms with Crippen molar-refractivity contribution in [2.45, 2.75) is 19.5 Å². The van der Waals surface area contributed by atoms with Crippen LogP contribution < -0.4 is 5.32 Å². The molecular weight excluding hydrogens is 396 g/mol. The summed E-state index contributed by atoms with van der Waals surface area (Å²) in [6.07, 6.45) is 4.93. The van der Waals surface area contributed by atoms with Crippen molar-refractivity contribution in [2.75, 3.05) is 5.32 Å². The Morgan fingerprint density at radius 1 is 1.38 bits per heavy atom. The molecule has 0 aliphatic carbocycles. The number of rotatable bonds is 5. The SMILES string of the molecule is CC(C(=O)Nc1ncn(Cc2ccc(Cl)cc2)n1)n1cc(Br)cn1. The molecule has 124 valence electrons. The van der Waals surface area contributed by atoms with E-state index in [-0.39, 0.29) is 11.9 Å². The predicted molar refractivity (Wildman–Crippen MR) is 93.8 cm³/mol. The van der Waals surface area contributed by atoms with E-state index in [1.165, 1.54) is 0 Å². The molecule has 24 heavy (non-hydrogen) atoms. The van der Waals surface area contributed by atoms with Crippen molar-refractivity contribution < 1.29 is 4.79 Å². The number of amides is 1. The van der Waals surface area contributed by atoms with Gasteiger partial charge in [-0.05, 0) is 40.5 Å². The van der Waals surface area contributed by atoms with E-state index in [1.54, 1.807) is 35.0 Å². The summed E-state index contributed by atoms with van der Waals surface area (Å²) in [6.45, 7) is 2.29. The van der Waals surface area contributed by atoms with Gasteiger partial charge in [0.05, 0.1) is 17.2 Å². The number of nitrogens with zero attached hydrogens (tertiary/aromatic N) is 5. The molecule has 0 radical (unpaired) electrons. The van der Waals surface area contributed by atoms with Crippen LogP contribution in [-0.2, 0) is 11.3 Å². The fourth-order valence-corrected chi connectivity index (χ4v) is 2.49. The van der Waals surface area contributed by atoms with Gasteiger partial charge >= 0.3 is 0 Å². The van der Waals surface area contributed by atoms with Crippen LogP contribution in [-0.4, -0.2) is 30.5 Å². The third-order valence-electron chi connectivity index (χ3n) is 3.38. The Hall–Kier alpha value is -2.19. The Morgan fingerprint density at radius 2 is 2.12 bits per heavy atom. The van der Waals surface area contributed by atoms with Crippen LogP contribution in [0.4, 0.5) is 5.95 Å². The van der Waals surface area contributed by atoms with Gasteiger partial charge in [-0.1, -0.05) is 23.7 Å². The van der Waals surface area contributed by atoms with Gasteiger partial charge in [0.2, 0.25) is 5.95 Å². The van der Waals surface area contributed by atoms with E-state index in [0.717, 1.165) is 10.0 Å². The maximum absolute atomic E-state index is 12.2. The molecule has 0 spiro atoms. The smallest absolute Gasteiger partial charge is 0.251 e. The van der Waals surface area contributed by atoms with Gasteiger partial charge in [0.15, 0.2) is 0 Å². The Labute approximate surface area is 151 Å². The van der Waals surface area contributed by atoms with Gasteiger partial charge in [0.1, 0.15) is 12.4 Å². The monoisotopic (exact) mass is 408 g/mol. The number of anilines is 1. The molecule has 1 atom stereocenters. The van der Waals surface area contributed by atoms with E-state index in [0.29, 0.717) is 11.6 Å². The van der Waals surface area contributed by atoms with E-state index >= 15 is 0 Å². The Morgan fingerprint density at radius 3 is 2.79 bits per heavy atom. The number of carbonyl (C=O) groups is 1. The topological polar surface area (TPSA) is 77.6 Å². The van der Waals surface area contributed by atoms with Crippen molar-refractivity contribution in [3.8, 4) is 0 Å². The molecule has 0 aliphatic rings. The first-order valence-electron chi connectivity index (χ1n) is 7.15. The fraction of sp³-hybridized carbons (Fsp3) is 0.200. The number of aromatic nitrogens is 5. The lowest BCUT2D eigenvalue weighted by Gasteiger charge is -2.10. The number of benzene rings is 1. The maximum atomic E-state index is 12.2. The Bertz CT molecular complexity index is 844. The zero-order chi connectivity index (χ0) is 17.1. The summed E-state index contributed by atoms with van der Waals surface area (Å²) < 4.78 is 4.02. The summed E-state index contributed by atoms with van der Waals surface area (Å²) in [7, 11) is 0. The average Bonchev–Trinajstić information content (AvgIpc) is 3.18. The molecule has 0 saturated heterocycles. The number of hydrogen-bond acceptors (Lipinski definition) is 4. The molecule has 2 heterocycles. The van der Waals surface area contributed by atoms with E-state index in [2.05, 4.69) is 36.4 Å². The van der Waals surface area contributed by atoms with Crippen LogP contribution in [0.2, 0.25) is 5.02 Å². The molecule has 3 aromatic rings. The van der Waals surface area contributed by atoms with Crippen molar-refractivity contribution in [3.63, 3.8) is 0 Å². The second-order valence-corrected chi connectivity index (χ2v) is 6.55. The van der Waals surface area contributed by atoms with Crippen molar-refractivity contribution in [2.24, 2.45) is 0 Å². The molecule has 1 N–H and O–H groups in total. The van der Waals surface area contributed by atoms with Crippen LogP contribution in [0.3, 0.4) is 0 Å². The highest BCUT2D eigenvalue weighted by atomic mass is 79.9. The zero-order valence-corrected chi connectivity index (χ0v) is 15.1. The quantitative estimate of drug-likeness (QED) is 0.702. The third kappa shape index (κ3) is 4.01. The van der Waals surface area contributed by atoms with E-state index in [9.17, 15) is 4.79 Å². The van der Waals surface area contributed by atoms with E-state index < -0.39 is 6.04 Å². The zero-order valence-electron chi connectivity index (χ0n) is 12.7. The van der Waals surface area contributed by atoms with Gasteiger partial charge in [0.25, 0.3) is 5.91 Å². The molecule has 0 fully saturated rings.